The highest BCUT2D eigenvalue weighted by Gasteiger charge is 2.09. The van der Waals surface area contributed by atoms with E-state index in [-0.39, 0.29) is 5.56 Å². The zero-order valence-corrected chi connectivity index (χ0v) is 14.8. The van der Waals surface area contributed by atoms with Gasteiger partial charge in [-0.25, -0.2) is 9.78 Å². The van der Waals surface area contributed by atoms with Gasteiger partial charge in [0.2, 0.25) is 5.13 Å². The summed E-state index contributed by atoms with van der Waals surface area (Å²) in [5.74, 6) is -0.986. The van der Waals surface area contributed by atoms with E-state index in [1.54, 1.807) is 12.1 Å². The molecule has 1 heterocycles. The molecule has 0 saturated carbocycles. The lowest BCUT2D eigenvalue weighted by molar-refractivity contribution is 0.0696. The zero-order valence-electron chi connectivity index (χ0n) is 13.2. The Hall–Kier alpha value is -2.70. The maximum Gasteiger partial charge on any atom is 0.336 e. The van der Waals surface area contributed by atoms with E-state index in [1.165, 1.54) is 17.6 Å². The Balaban J connectivity index is 1.76. The highest BCUT2D eigenvalue weighted by atomic mass is 35.5. The van der Waals surface area contributed by atoms with E-state index in [0.29, 0.717) is 15.7 Å². The Kier molecular flexibility index (Phi) is 5.11. The molecule has 0 amide bonds. The number of aromatic nitrogens is 1. The number of nitrogens with one attached hydrogen (secondary N) is 1. The van der Waals surface area contributed by atoms with Crippen LogP contribution in [0, 0.1) is 6.92 Å². The van der Waals surface area contributed by atoms with Gasteiger partial charge in [0.25, 0.3) is 0 Å². The van der Waals surface area contributed by atoms with Crippen molar-refractivity contribution in [1.29, 1.82) is 0 Å². The predicted octanol–water partition coefficient (Wildman–Crippen LogP) is 4.92. The number of thiazole rings is 1. The summed E-state index contributed by atoms with van der Waals surface area (Å²) in [5, 5.41) is 16.5. The summed E-state index contributed by atoms with van der Waals surface area (Å²) in [4.78, 5) is 15.7. The van der Waals surface area contributed by atoms with E-state index >= 15 is 0 Å². The number of aromatic carboxylic acids is 1. The van der Waals surface area contributed by atoms with Gasteiger partial charge in [-0.15, -0.1) is 11.3 Å². The fourth-order valence-electron chi connectivity index (χ4n) is 2.24. The molecule has 126 valence electrons. The fraction of sp³-hybridized carbons (Fsp3) is 0.0556. The molecule has 0 unspecified atom stereocenters. The maximum absolute atomic E-state index is 11.3. The molecular formula is C18H14ClN3O2S. The van der Waals surface area contributed by atoms with Crippen LogP contribution in [-0.4, -0.2) is 22.3 Å². The first-order valence-electron chi connectivity index (χ1n) is 7.38. The topological polar surface area (TPSA) is 74.6 Å². The van der Waals surface area contributed by atoms with Crippen LogP contribution in [0.25, 0.3) is 11.3 Å². The molecule has 7 heteroatoms. The van der Waals surface area contributed by atoms with Gasteiger partial charge in [-0.2, -0.15) is 5.10 Å². The summed E-state index contributed by atoms with van der Waals surface area (Å²) in [7, 11) is 0. The zero-order chi connectivity index (χ0) is 17.8. The number of benzene rings is 2. The van der Waals surface area contributed by atoms with Crippen LogP contribution in [0.15, 0.2) is 52.9 Å². The summed E-state index contributed by atoms with van der Waals surface area (Å²) in [6.45, 7) is 1.84. The van der Waals surface area contributed by atoms with Crippen molar-refractivity contribution in [3.63, 3.8) is 0 Å². The molecule has 0 radical (unpaired) electrons. The molecule has 5 nitrogen and oxygen atoms in total. The van der Waals surface area contributed by atoms with Crippen molar-refractivity contribution in [3.8, 4) is 11.3 Å². The number of hydrazone groups is 1. The van der Waals surface area contributed by atoms with E-state index in [2.05, 4.69) is 15.5 Å². The van der Waals surface area contributed by atoms with Crippen LogP contribution < -0.4 is 5.43 Å². The summed E-state index contributed by atoms with van der Waals surface area (Å²) in [6.07, 6.45) is 1.47. The van der Waals surface area contributed by atoms with Gasteiger partial charge in [0.1, 0.15) is 0 Å². The summed E-state index contributed by atoms with van der Waals surface area (Å²) in [5.41, 5.74) is 6.05. The first-order valence-corrected chi connectivity index (χ1v) is 8.64. The highest BCUT2D eigenvalue weighted by molar-refractivity contribution is 7.14. The quantitative estimate of drug-likeness (QED) is 0.493. The Morgan fingerprint density at radius 1 is 1.32 bits per heavy atom. The lowest BCUT2D eigenvalue weighted by Crippen LogP contribution is -2.03. The van der Waals surface area contributed by atoms with E-state index in [0.717, 1.165) is 16.8 Å². The van der Waals surface area contributed by atoms with E-state index < -0.39 is 5.97 Å². The SMILES string of the molecule is Cc1ccc(/C=N/Nc2nc(-c3ccccc3Cl)cs2)c(C(=O)O)c1. The highest BCUT2D eigenvalue weighted by Crippen LogP contribution is 2.30. The number of hydrogen-bond donors (Lipinski definition) is 2. The van der Waals surface area contributed by atoms with Crippen molar-refractivity contribution in [3.05, 3.63) is 69.6 Å². The average molecular weight is 372 g/mol. The second-order valence-corrected chi connectivity index (χ2v) is 6.55. The number of aryl methyl sites for hydroxylation is 1. The first kappa shape index (κ1) is 17.1. The normalized spacial score (nSPS) is 11.0. The van der Waals surface area contributed by atoms with Crippen molar-refractivity contribution in [1.82, 2.24) is 4.98 Å². The first-order chi connectivity index (χ1) is 12.0. The predicted molar refractivity (Wildman–Crippen MR) is 102 cm³/mol. The molecule has 0 bridgehead atoms. The molecule has 0 aliphatic rings. The van der Waals surface area contributed by atoms with Gasteiger partial charge in [0.05, 0.1) is 17.5 Å². The average Bonchev–Trinajstić information content (AvgIpc) is 3.05. The summed E-state index contributed by atoms with van der Waals surface area (Å²) in [6, 6.07) is 12.7. The monoisotopic (exact) mass is 371 g/mol. The molecule has 0 saturated heterocycles. The van der Waals surface area contributed by atoms with Gasteiger partial charge < -0.3 is 5.11 Å². The van der Waals surface area contributed by atoms with Crippen LogP contribution in [0.2, 0.25) is 5.02 Å². The summed E-state index contributed by atoms with van der Waals surface area (Å²) < 4.78 is 0. The van der Waals surface area contributed by atoms with E-state index in [4.69, 9.17) is 11.6 Å². The molecule has 0 atom stereocenters. The summed E-state index contributed by atoms with van der Waals surface area (Å²) >= 11 is 7.56. The van der Waals surface area contributed by atoms with Gasteiger partial charge in [0.15, 0.2) is 0 Å². The van der Waals surface area contributed by atoms with E-state index in [9.17, 15) is 9.90 Å². The molecule has 1 aromatic heterocycles. The van der Waals surface area contributed by atoms with Crippen LogP contribution in [0.1, 0.15) is 21.5 Å². The maximum atomic E-state index is 11.3. The number of rotatable bonds is 5. The second-order valence-electron chi connectivity index (χ2n) is 5.28. The van der Waals surface area contributed by atoms with Gasteiger partial charge in [-0.3, -0.25) is 5.43 Å². The van der Waals surface area contributed by atoms with E-state index in [1.807, 2.05) is 42.6 Å². The third-order valence-electron chi connectivity index (χ3n) is 3.46. The molecular weight excluding hydrogens is 358 g/mol. The molecule has 3 rings (SSSR count). The third-order valence-corrected chi connectivity index (χ3v) is 4.53. The van der Waals surface area contributed by atoms with Crippen molar-refractivity contribution >= 4 is 40.3 Å². The Morgan fingerprint density at radius 3 is 2.88 bits per heavy atom. The molecule has 0 spiro atoms. The van der Waals surface area contributed by atoms with Gasteiger partial charge >= 0.3 is 5.97 Å². The third kappa shape index (κ3) is 4.04. The standard InChI is InChI=1S/C18H14ClN3O2S/c1-11-6-7-12(14(8-11)17(23)24)9-20-22-18-21-16(10-25-18)13-4-2-3-5-15(13)19/h2-10H,1H3,(H,21,22)(H,23,24)/b20-9+. The molecule has 25 heavy (non-hydrogen) atoms. The Bertz CT molecular complexity index is 953. The van der Waals surface area contributed by atoms with Crippen molar-refractivity contribution in [2.24, 2.45) is 5.10 Å². The van der Waals surface area contributed by atoms with Gasteiger partial charge in [0, 0.05) is 21.5 Å². The molecule has 2 aromatic carbocycles. The lowest BCUT2D eigenvalue weighted by atomic mass is 10.1. The molecule has 2 N–H and O–H groups in total. The minimum Gasteiger partial charge on any atom is -0.478 e. The minimum atomic E-state index is -0.986. The minimum absolute atomic E-state index is 0.210. The van der Waals surface area contributed by atoms with Gasteiger partial charge in [-0.1, -0.05) is 47.5 Å². The second kappa shape index (κ2) is 7.46. The number of nitrogens with zero attached hydrogens (tertiary/aromatic N) is 2. The number of carboxylic acid groups (broad SMARTS) is 1. The van der Waals surface area contributed by atoms with Crippen LogP contribution >= 0.6 is 22.9 Å². The van der Waals surface area contributed by atoms with Crippen LogP contribution in [0.3, 0.4) is 0 Å². The molecule has 3 aromatic rings. The number of hydrogen-bond acceptors (Lipinski definition) is 5. The molecule has 0 aliphatic carbocycles. The Morgan fingerprint density at radius 2 is 2.12 bits per heavy atom. The largest absolute Gasteiger partial charge is 0.478 e. The van der Waals surface area contributed by atoms with Crippen molar-refractivity contribution in [2.75, 3.05) is 5.43 Å². The molecule has 0 aliphatic heterocycles. The number of carboxylic acids is 1. The van der Waals surface area contributed by atoms with Crippen LogP contribution in [0.4, 0.5) is 5.13 Å². The van der Waals surface area contributed by atoms with Gasteiger partial charge in [-0.05, 0) is 19.1 Å². The van der Waals surface area contributed by atoms with Crippen molar-refractivity contribution < 1.29 is 9.90 Å². The Labute approximate surface area is 153 Å². The van der Waals surface area contributed by atoms with Crippen molar-refractivity contribution in [2.45, 2.75) is 6.92 Å². The number of anilines is 1. The smallest absolute Gasteiger partial charge is 0.336 e. The lowest BCUT2D eigenvalue weighted by Gasteiger charge is -2.02. The van der Waals surface area contributed by atoms with Crippen LogP contribution in [0.5, 0.6) is 0 Å². The fourth-order valence-corrected chi connectivity index (χ4v) is 3.13. The number of halogens is 1. The van der Waals surface area contributed by atoms with Crippen LogP contribution in [-0.2, 0) is 0 Å². The number of carbonyl (C=O) groups is 1. The molecule has 0 fully saturated rings.